The molecule has 1 unspecified atom stereocenters. The van der Waals surface area contributed by atoms with Crippen molar-refractivity contribution in [1.29, 1.82) is 0 Å². The average molecular weight is 238 g/mol. The van der Waals surface area contributed by atoms with Gasteiger partial charge in [-0.25, -0.2) is 0 Å². The number of methoxy groups -OCH3 is 1. The van der Waals surface area contributed by atoms with E-state index in [4.69, 9.17) is 9.84 Å². The van der Waals surface area contributed by atoms with Crippen LogP contribution in [-0.4, -0.2) is 38.0 Å². The fourth-order valence-corrected chi connectivity index (χ4v) is 1.50. The highest BCUT2D eigenvalue weighted by Gasteiger charge is 1.96. The highest BCUT2D eigenvalue weighted by atomic mass is 16.5. The van der Waals surface area contributed by atoms with Crippen molar-refractivity contribution in [2.45, 2.75) is 19.6 Å². The molecule has 0 spiro atoms. The zero-order valence-electron chi connectivity index (χ0n) is 10.6. The van der Waals surface area contributed by atoms with Crippen molar-refractivity contribution in [2.24, 2.45) is 0 Å². The normalized spacial score (nSPS) is 12.4. The molecule has 0 heterocycles. The van der Waals surface area contributed by atoms with Gasteiger partial charge in [-0.3, -0.25) is 0 Å². The molecule has 1 rings (SSSR count). The lowest BCUT2D eigenvalue weighted by Gasteiger charge is -2.08. The second kappa shape index (κ2) is 8.06. The van der Waals surface area contributed by atoms with Crippen LogP contribution in [0.15, 0.2) is 24.3 Å². The van der Waals surface area contributed by atoms with Crippen LogP contribution in [0, 0.1) is 0 Å². The Morgan fingerprint density at radius 3 is 2.76 bits per heavy atom. The molecule has 0 radical (unpaired) electrons. The monoisotopic (exact) mass is 238 g/mol. The summed E-state index contributed by atoms with van der Waals surface area (Å²) in [5.74, 6) is 0.886. The maximum Gasteiger partial charge on any atom is 0.119 e. The smallest absolute Gasteiger partial charge is 0.119 e. The number of nitrogens with one attached hydrogen (secondary N) is 2. The molecule has 0 aliphatic rings. The molecule has 0 aliphatic carbocycles. The molecule has 0 bridgehead atoms. The second-order valence-corrected chi connectivity index (χ2v) is 4.08. The molecular formula is C13H22N2O2. The number of hydrogen-bond donors (Lipinski definition) is 3. The predicted octanol–water partition coefficient (Wildman–Crippen LogP) is 0.755. The summed E-state index contributed by atoms with van der Waals surface area (Å²) in [5, 5.41) is 15.5. The van der Waals surface area contributed by atoms with Crippen molar-refractivity contribution in [3.05, 3.63) is 29.8 Å². The summed E-state index contributed by atoms with van der Waals surface area (Å²) in [5.41, 5.74) is 1.21. The molecular weight excluding hydrogens is 216 g/mol. The van der Waals surface area contributed by atoms with Gasteiger partial charge in [-0.05, 0) is 24.6 Å². The molecule has 96 valence electrons. The van der Waals surface area contributed by atoms with E-state index in [1.54, 1.807) is 14.0 Å². The number of aliphatic hydroxyl groups excluding tert-OH is 1. The summed E-state index contributed by atoms with van der Waals surface area (Å²) in [6.07, 6.45) is -0.284. The number of rotatable bonds is 8. The molecule has 3 N–H and O–H groups in total. The Labute approximate surface area is 103 Å². The molecule has 4 heteroatoms. The van der Waals surface area contributed by atoms with Gasteiger partial charge in [-0.15, -0.1) is 0 Å². The first-order chi connectivity index (χ1) is 8.22. The van der Waals surface area contributed by atoms with Crippen LogP contribution < -0.4 is 15.4 Å². The first-order valence-electron chi connectivity index (χ1n) is 5.95. The minimum atomic E-state index is -0.284. The van der Waals surface area contributed by atoms with Gasteiger partial charge in [0.2, 0.25) is 0 Å². The van der Waals surface area contributed by atoms with Gasteiger partial charge in [-0.2, -0.15) is 0 Å². The fraction of sp³-hybridized carbons (Fsp3) is 0.538. The van der Waals surface area contributed by atoms with E-state index >= 15 is 0 Å². The molecule has 0 fully saturated rings. The molecule has 0 saturated heterocycles. The Kier molecular flexibility index (Phi) is 6.62. The van der Waals surface area contributed by atoms with Gasteiger partial charge in [0, 0.05) is 26.2 Å². The molecule has 0 amide bonds. The van der Waals surface area contributed by atoms with Crippen LogP contribution >= 0.6 is 0 Å². The van der Waals surface area contributed by atoms with E-state index in [0.29, 0.717) is 6.54 Å². The van der Waals surface area contributed by atoms with Gasteiger partial charge in [0.15, 0.2) is 0 Å². The minimum absolute atomic E-state index is 0.284. The number of hydrogen-bond acceptors (Lipinski definition) is 4. The summed E-state index contributed by atoms with van der Waals surface area (Å²) >= 11 is 0. The van der Waals surface area contributed by atoms with Crippen LogP contribution in [0.2, 0.25) is 0 Å². The maximum atomic E-state index is 9.05. The topological polar surface area (TPSA) is 53.5 Å². The third kappa shape index (κ3) is 6.26. The lowest BCUT2D eigenvalue weighted by Crippen LogP contribution is -2.31. The number of ether oxygens (including phenoxy) is 1. The Hall–Kier alpha value is -1.10. The van der Waals surface area contributed by atoms with Crippen LogP contribution in [0.25, 0.3) is 0 Å². The summed E-state index contributed by atoms with van der Waals surface area (Å²) in [7, 11) is 1.67. The van der Waals surface area contributed by atoms with Crippen LogP contribution in [0.5, 0.6) is 5.75 Å². The zero-order chi connectivity index (χ0) is 12.5. The quantitative estimate of drug-likeness (QED) is 0.585. The third-order valence-electron chi connectivity index (χ3n) is 2.38. The molecule has 1 atom stereocenters. The Balaban J connectivity index is 2.13. The summed E-state index contributed by atoms with van der Waals surface area (Å²) in [6.45, 7) is 4.98. The van der Waals surface area contributed by atoms with Crippen molar-refractivity contribution in [1.82, 2.24) is 10.6 Å². The van der Waals surface area contributed by atoms with Gasteiger partial charge in [0.05, 0.1) is 13.2 Å². The Morgan fingerprint density at radius 2 is 2.06 bits per heavy atom. The van der Waals surface area contributed by atoms with E-state index in [1.165, 1.54) is 5.56 Å². The standard InChI is InChI=1S/C13H22N2O2/c1-11(16)9-14-6-7-15-10-12-4-3-5-13(8-12)17-2/h3-5,8,11,14-16H,6-7,9-10H2,1-2H3. The van der Waals surface area contributed by atoms with Gasteiger partial charge in [0.1, 0.15) is 5.75 Å². The highest BCUT2D eigenvalue weighted by molar-refractivity contribution is 5.28. The van der Waals surface area contributed by atoms with E-state index in [9.17, 15) is 0 Å². The van der Waals surface area contributed by atoms with E-state index in [2.05, 4.69) is 16.7 Å². The second-order valence-electron chi connectivity index (χ2n) is 4.08. The highest BCUT2D eigenvalue weighted by Crippen LogP contribution is 2.11. The first-order valence-corrected chi connectivity index (χ1v) is 5.95. The Bertz CT molecular complexity index is 316. The first kappa shape index (κ1) is 14.0. The van der Waals surface area contributed by atoms with E-state index in [1.807, 2.05) is 18.2 Å². The molecule has 4 nitrogen and oxygen atoms in total. The van der Waals surface area contributed by atoms with Gasteiger partial charge >= 0.3 is 0 Å². The SMILES string of the molecule is COc1cccc(CNCCNCC(C)O)c1. The van der Waals surface area contributed by atoms with E-state index in [-0.39, 0.29) is 6.10 Å². The third-order valence-corrected chi connectivity index (χ3v) is 2.38. The van der Waals surface area contributed by atoms with Gasteiger partial charge in [-0.1, -0.05) is 12.1 Å². The molecule has 1 aromatic rings. The molecule has 0 aliphatic heterocycles. The van der Waals surface area contributed by atoms with E-state index < -0.39 is 0 Å². The van der Waals surface area contributed by atoms with Crippen LogP contribution in [0.4, 0.5) is 0 Å². The maximum absolute atomic E-state index is 9.05. The fourth-order valence-electron chi connectivity index (χ4n) is 1.50. The van der Waals surface area contributed by atoms with Gasteiger partial charge < -0.3 is 20.5 Å². The van der Waals surface area contributed by atoms with Crippen molar-refractivity contribution in [2.75, 3.05) is 26.7 Å². The van der Waals surface area contributed by atoms with E-state index in [0.717, 1.165) is 25.4 Å². The van der Waals surface area contributed by atoms with Crippen LogP contribution in [-0.2, 0) is 6.54 Å². The van der Waals surface area contributed by atoms with Crippen molar-refractivity contribution in [3.63, 3.8) is 0 Å². The minimum Gasteiger partial charge on any atom is -0.497 e. The molecule has 17 heavy (non-hydrogen) atoms. The van der Waals surface area contributed by atoms with Gasteiger partial charge in [0.25, 0.3) is 0 Å². The largest absolute Gasteiger partial charge is 0.497 e. The Morgan fingerprint density at radius 1 is 1.29 bits per heavy atom. The average Bonchev–Trinajstić information content (AvgIpc) is 2.33. The summed E-state index contributed by atoms with van der Waals surface area (Å²) < 4.78 is 5.16. The van der Waals surface area contributed by atoms with Crippen LogP contribution in [0.3, 0.4) is 0 Å². The summed E-state index contributed by atoms with van der Waals surface area (Å²) in [4.78, 5) is 0. The molecule has 0 saturated carbocycles. The molecule has 1 aromatic carbocycles. The lowest BCUT2D eigenvalue weighted by atomic mass is 10.2. The predicted molar refractivity (Wildman–Crippen MR) is 69.3 cm³/mol. The lowest BCUT2D eigenvalue weighted by molar-refractivity contribution is 0.191. The zero-order valence-corrected chi connectivity index (χ0v) is 10.6. The van der Waals surface area contributed by atoms with Crippen LogP contribution in [0.1, 0.15) is 12.5 Å². The van der Waals surface area contributed by atoms with Crippen molar-refractivity contribution < 1.29 is 9.84 Å². The number of benzene rings is 1. The number of aliphatic hydroxyl groups is 1. The summed E-state index contributed by atoms with van der Waals surface area (Å²) in [6, 6.07) is 8.02. The van der Waals surface area contributed by atoms with Crippen molar-refractivity contribution in [3.8, 4) is 5.75 Å². The molecule has 0 aromatic heterocycles. The van der Waals surface area contributed by atoms with Crippen molar-refractivity contribution >= 4 is 0 Å².